The first-order valence-corrected chi connectivity index (χ1v) is 7.52. The lowest BCUT2D eigenvalue weighted by Crippen LogP contribution is -2.29. The Hall–Kier alpha value is -1.27. The molecule has 0 aliphatic rings. The quantitative estimate of drug-likeness (QED) is 0.818. The fourth-order valence-corrected chi connectivity index (χ4v) is 3.15. The monoisotopic (exact) mass is 292 g/mol. The summed E-state index contributed by atoms with van der Waals surface area (Å²) in [5, 5.41) is 19.1. The van der Waals surface area contributed by atoms with Gasteiger partial charge in [-0.2, -0.15) is 0 Å². The van der Waals surface area contributed by atoms with Crippen LogP contribution < -0.4 is 0 Å². The molecule has 0 unspecified atom stereocenters. The van der Waals surface area contributed by atoms with Gasteiger partial charge in [-0.25, -0.2) is 4.98 Å². The van der Waals surface area contributed by atoms with E-state index in [9.17, 15) is 0 Å². The summed E-state index contributed by atoms with van der Waals surface area (Å²) < 4.78 is 0. The molecular formula is C15H20N2O2S. The SMILES string of the molecule is Cc1nc(-c2ccccc2)sc1CN(CCO)CCO. The minimum Gasteiger partial charge on any atom is -0.395 e. The lowest BCUT2D eigenvalue weighted by Gasteiger charge is -2.19. The number of nitrogens with zero attached hydrogens (tertiary/aromatic N) is 2. The average Bonchev–Trinajstić information content (AvgIpc) is 2.82. The van der Waals surface area contributed by atoms with Crippen molar-refractivity contribution in [3.63, 3.8) is 0 Å². The van der Waals surface area contributed by atoms with E-state index in [2.05, 4.69) is 17.1 Å². The highest BCUT2D eigenvalue weighted by molar-refractivity contribution is 7.15. The van der Waals surface area contributed by atoms with Gasteiger partial charge in [-0.1, -0.05) is 30.3 Å². The fourth-order valence-electron chi connectivity index (χ4n) is 2.03. The van der Waals surface area contributed by atoms with Gasteiger partial charge < -0.3 is 10.2 Å². The molecule has 0 aliphatic heterocycles. The first-order valence-electron chi connectivity index (χ1n) is 6.70. The van der Waals surface area contributed by atoms with Gasteiger partial charge in [0.2, 0.25) is 0 Å². The molecule has 0 atom stereocenters. The Balaban J connectivity index is 2.15. The van der Waals surface area contributed by atoms with Gasteiger partial charge in [0, 0.05) is 30.1 Å². The summed E-state index contributed by atoms with van der Waals surface area (Å²) in [6.07, 6.45) is 0. The third kappa shape index (κ3) is 3.86. The van der Waals surface area contributed by atoms with Gasteiger partial charge in [-0.05, 0) is 6.92 Å². The molecule has 108 valence electrons. The number of aromatic nitrogens is 1. The summed E-state index contributed by atoms with van der Waals surface area (Å²) in [5.74, 6) is 0. The predicted molar refractivity (Wildman–Crippen MR) is 81.7 cm³/mol. The second kappa shape index (κ2) is 7.50. The molecule has 1 heterocycles. The first-order chi connectivity index (χ1) is 9.74. The molecule has 0 fully saturated rings. The van der Waals surface area contributed by atoms with Gasteiger partial charge in [-0.15, -0.1) is 11.3 Å². The average molecular weight is 292 g/mol. The van der Waals surface area contributed by atoms with Crippen molar-refractivity contribution in [1.82, 2.24) is 9.88 Å². The van der Waals surface area contributed by atoms with E-state index >= 15 is 0 Å². The van der Waals surface area contributed by atoms with Crippen LogP contribution in [0.5, 0.6) is 0 Å². The molecule has 20 heavy (non-hydrogen) atoms. The van der Waals surface area contributed by atoms with Crippen LogP contribution in [0, 0.1) is 6.92 Å². The van der Waals surface area contributed by atoms with Crippen LogP contribution in [0.3, 0.4) is 0 Å². The van der Waals surface area contributed by atoms with Crippen LogP contribution in [0.2, 0.25) is 0 Å². The van der Waals surface area contributed by atoms with Gasteiger partial charge in [0.05, 0.1) is 18.9 Å². The zero-order valence-electron chi connectivity index (χ0n) is 11.6. The first kappa shape index (κ1) is 15.1. The lowest BCUT2D eigenvalue weighted by atomic mass is 10.2. The number of hydrogen-bond donors (Lipinski definition) is 2. The number of aliphatic hydroxyl groups excluding tert-OH is 2. The zero-order chi connectivity index (χ0) is 14.4. The van der Waals surface area contributed by atoms with Gasteiger partial charge >= 0.3 is 0 Å². The zero-order valence-corrected chi connectivity index (χ0v) is 12.4. The Bertz CT molecular complexity index is 522. The number of aryl methyl sites for hydroxylation is 1. The van der Waals surface area contributed by atoms with Crippen LogP contribution in [-0.4, -0.2) is 46.4 Å². The third-order valence-electron chi connectivity index (χ3n) is 3.11. The Morgan fingerprint density at radius 3 is 2.35 bits per heavy atom. The number of benzene rings is 1. The predicted octanol–water partition coefficient (Wildman–Crippen LogP) is 1.91. The van der Waals surface area contributed by atoms with E-state index in [1.165, 1.54) is 4.88 Å². The summed E-state index contributed by atoms with van der Waals surface area (Å²) in [5.41, 5.74) is 2.15. The maximum Gasteiger partial charge on any atom is 0.123 e. The third-order valence-corrected chi connectivity index (χ3v) is 4.30. The molecule has 4 nitrogen and oxygen atoms in total. The van der Waals surface area contributed by atoms with Crippen molar-refractivity contribution in [1.29, 1.82) is 0 Å². The van der Waals surface area contributed by atoms with E-state index in [0.717, 1.165) is 22.8 Å². The molecule has 2 N–H and O–H groups in total. The summed E-state index contributed by atoms with van der Waals surface area (Å²) in [4.78, 5) is 7.84. The van der Waals surface area contributed by atoms with E-state index in [1.807, 2.05) is 30.0 Å². The molecule has 0 aliphatic carbocycles. The van der Waals surface area contributed by atoms with Crippen molar-refractivity contribution in [3.8, 4) is 10.6 Å². The molecule has 0 saturated carbocycles. The van der Waals surface area contributed by atoms with Crippen LogP contribution in [0.25, 0.3) is 10.6 Å². The van der Waals surface area contributed by atoms with Crippen molar-refractivity contribution < 1.29 is 10.2 Å². The molecule has 1 aromatic heterocycles. The summed E-state index contributed by atoms with van der Waals surface area (Å²) >= 11 is 1.68. The molecule has 2 rings (SSSR count). The highest BCUT2D eigenvalue weighted by Crippen LogP contribution is 2.28. The van der Waals surface area contributed by atoms with E-state index in [1.54, 1.807) is 11.3 Å². The largest absolute Gasteiger partial charge is 0.395 e. The fraction of sp³-hybridized carbons (Fsp3) is 0.400. The van der Waals surface area contributed by atoms with Gasteiger partial charge in [-0.3, -0.25) is 4.90 Å². The van der Waals surface area contributed by atoms with Crippen molar-refractivity contribution in [2.75, 3.05) is 26.3 Å². The molecule has 2 aromatic rings. The molecule has 0 saturated heterocycles. The summed E-state index contributed by atoms with van der Waals surface area (Å²) in [7, 11) is 0. The number of rotatable bonds is 7. The minimum atomic E-state index is 0.101. The van der Waals surface area contributed by atoms with E-state index < -0.39 is 0 Å². The van der Waals surface area contributed by atoms with Crippen molar-refractivity contribution >= 4 is 11.3 Å². The molecule has 0 bridgehead atoms. The Morgan fingerprint density at radius 2 is 1.75 bits per heavy atom. The van der Waals surface area contributed by atoms with Crippen LogP contribution in [0.1, 0.15) is 10.6 Å². The van der Waals surface area contributed by atoms with Gasteiger partial charge in [0.15, 0.2) is 0 Å². The Labute approximate surface area is 123 Å². The van der Waals surface area contributed by atoms with Crippen LogP contribution >= 0.6 is 11.3 Å². The number of hydrogen-bond acceptors (Lipinski definition) is 5. The van der Waals surface area contributed by atoms with Gasteiger partial charge in [0.25, 0.3) is 0 Å². The lowest BCUT2D eigenvalue weighted by molar-refractivity contribution is 0.156. The molecule has 5 heteroatoms. The smallest absolute Gasteiger partial charge is 0.123 e. The molecule has 1 aromatic carbocycles. The standard InChI is InChI=1S/C15H20N2O2S/c1-12-14(11-17(7-9-18)8-10-19)20-15(16-12)13-5-3-2-4-6-13/h2-6,18-19H,7-11H2,1H3. The van der Waals surface area contributed by atoms with E-state index in [4.69, 9.17) is 10.2 Å². The van der Waals surface area contributed by atoms with Crippen molar-refractivity contribution in [2.24, 2.45) is 0 Å². The maximum atomic E-state index is 9.06. The minimum absolute atomic E-state index is 0.101. The topological polar surface area (TPSA) is 56.6 Å². The van der Waals surface area contributed by atoms with Crippen molar-refractivity contribution in [3.05, 3.63) is 40.9 Å². The number of thiazole rings is 1. The highest BCUT2D eigenvalue weighted by atomic mass is 32.1. The normalized spacial score (nSPS) is 11.2. The summed E-state index contributed by atoms with van der Waals surface area (Å²) in [6.45, 7) is 4.07. The Morgan fingerprint density at radius 1 is 1.10 bits per heavy atom. The summed E-state index contributed by atoms with van der Waals surface area (Å²) in [6, 6.07) is 10.1. The molecule has 0 spiro atoms. The second-order valence-corrected chi connectivity index (χ2v) is 5.70. The molecular weight excluding hydrogens is 272 g/mol. The van der Waals surface area contributed by atoms with Crippen LogP contribution in [-0.2, 0) is 6.54 Å². The van der Waals surface area contributed by atoms with E-state index in [0.29, 0.717) is 13.1 Å². The van der Waals surface area contributed by atoms with E-state index in [-0.39, 0.29) is 13.2 Å². The molecule has 0 amide bonds. The highest BCUT2D eigenvalue weighted by Gasteiger charge is 2.12. The number of aliphatic hydroxyl groups is 2. The Kier molecular flexibility index (Phi) is 5.67. The van der Waals surface area contributed by atoms with Gasteiger partial charge in [0.1, 0.15) is 5.01 Å². The van der Waals surface area contributed by atoms with Crippen LogP contribution in [0.4, 0.5) is 0 Å². The maximum absolute atomic E-state index is 9.06. The van der Waals surface area contributed by atoms with Crippen LogP contribution in [0.15, 0.2) is 30.3 Å². The van der Waals surface area contributed by atoms with Crippen molar-refractivity contribution in [2.45, 2.75) is 13.5 Å². The molecule has 0 radical (unpaired) electrons. The second-order valence-electron chi connectivity index (χ2n) is 4.62.